The van der Waals surface area contributed by atoms with Crippen LogP contribution in [-0.4, -0.2) is 26.0 Å². The molecule has 2 rings (SSSR count). The number of halogens is 1. The van der Waals surface area contributed by atoms with Gasteiger partial charge in [-0.1, -0.05) is 27.7 Å². The Morgan fingerprint density at radius 1 is 1.39 bits per heavy atom. The lowest BCUT2D eigenvalue weighted by Crippen LogP contribution is -2.33. The maximum atomic E-state index is 5.91. The topological polar surface area (TPSA) is 66.5 Å². The second kappa shape index (κ2) is 4.72. The molecule has 1 atom stereocenters. The van der Waals surface area contributed by atoms with Crippen molar-refractivity contribution < 1.29 is 0 Å². The summed E-state index contributed by atoms with van der Waals surface area (Å²) >= 11 is 5.91. The Bertz CT molecular complexity index is 543. The summed E-state index contributed by atoms with van der Waals surface area (Å²) in [5, 5.41) is 3.64. The predicted octanol–water partition coefficient (Wildman–Crippen LogP) is 3.24. The van der Waals surface area contributed by atoms with Gasteiger partial charge in [0.1, 0.15) is 5.52 Å². The van der Waals surface area contributed by atoms with E-state index in [0.29, 0.717) is 17.5 Å². The molecule has 2 N–H and O–H groups in total. The van der Waals surface area contributed by atoms with E-state index in [1.807, 2.05) is 0 Å². The summed E-state index contributed by atoms with van der Waals surface area (Å²) in [7, 11) is 0. The van der Waals surface area contributed by atoms with Crippen LogP contribution in [0.25, 0.3) is 11.2 Å². The quantitative estimate of drug-likeness (QED) is 0.838. The van der Waals surface area contributed by atoms with Gasteiger partial charge < -0.3 is 10.3 Å². The molecule has 1 unspecified atom stereocenters. The lowest BCUT2D eigenvalue weighted by atomic mass is 9.85. The number of aromatic nitrogens is 4. The molecule has 0 aliphatic carbocycles. The standard InChI is InChI=1S/C12H18ClN5/c1-5-7(12(2,3)4)16-10-8-9(15-6-14-8)17-11(13)18-10/h6-7H,5H2,1-4H3,(H2,14,15,16,17,18). The molecule has 6 heteroatoms. The molecule has 5 nitrogen and oxygen atoms in total. The number of H-pyrrole nitrogens is 1. The Hall–Kier alpha value is -1.36. The normalized spacial score (nSPS) is 13.8. The number of imidazole rings is 1. The van der Waals surface area contributed by atoms with Crippen LogP contribution < -0.4 is 5.32 Å². The fourth-order valence-electron chi connectivity index (χ4n) is 2.01. The lowest BCUT2D eigenvalue weighted by molar-refractivity contribution is 0.333. The van der Waals surface area contributed by atoms with E-state index in [1.165, 1.54) is 0 Å². The molecule has 0 bridgehead atoms. The summed E-state index contributed by atoms with van der Waals surface area (Å²) in [6.07, 6.45) is 2.60. The van der Waals surface area contributed by atoms with Crippen LogP contribution in [0.2, 0.25) is 5.28 Å². The molecule has 0 saturated carbocycles. The maximum absolute atomic E-state index is 5.91. The van der Waals surface area contributed by atoms with Gasteiger partial charge in [-0.2, -0.15) is 9.97 Å². The van der Waals surface area contributed by atoms with E-state index in [2.05, 4.69) is 52.9 Å². The minimum absolute atomic E-state index is 0.137. The van der Waals surface area contributed by atoms with Gasteiger partial charge >= 0.3 is 0 Å². The highest BCUT2D eigenvalue weighted by Gasteiger charge is 2.24. The second-order valence-corrected chi connectivity index (χ2v) is 5.75. The number of rotatable bonds is 3. The Labute approximate surface area is 111 Å². The van der Waals surface area contributed by atoms with Crippen molar-refractivity contribution >= 4 is 28.6 Å². The third kappa shape index (κ3) is 2.56. The minimum Gasteiger partial charge on any atom is -0.365 e. The van der Waals surface area contributed by atoms with Crippen molar-refractivity contribution in [1.29, 1.82) is 0 Å². The zero-order valence-electron chi connectivity index (χ0n) is 11.1. The third-order valence-electron chi connectivity index (χ3n) is 3.02. The molecule has 0 fully saturated rings. The highest BCUT2D eigenvalue weighted by atomic mass is 35.5. The van der Waals surface area contributed by atoms with E-state index in [-0.39, 0.29) is 10.7 Å². The summed E-state index contributed by atoms with van der Waals surface area (Å²) in [5.41, 5.74) is 1.52. The number of anilines is 1. The molecule has 0 aliphatic rings. The molecule has 2 aromatic rings. The van der Waals surface area contributed by atoms with Crippen molar-refractivity contribution in [3.63, 3.8) is 0 Å². The summed E-state index contributed by atoms with van der Waals surface area (Å²) < 4.78 is 0. The number of aromatic amines is 1. The molecule has 2 heterocycles. The van der Waals surface area contributed by atoms with Crippen LogP contribution in [0.5, 0.6) is 0 Å². The SMILES string of the molecule is CCC(Nc1nc(Cl)nc2nc[nH]c12)C(C)(C)C. The van der Waals surface area contributed by atoms with Gasteiger partial charge in [0.25, 0.3) is 0 Å². The zero-order valence-corrected chi connectivity index (χ0v) is 11.8. The lowest BCUT2D eigenvalue weighted by Gasteiger charge is -2.31. The van der Waals surface area contributed by atoms with E-state index in [9.17, 15) is 0 Å². The van der Waals surface area contributed by atoms with E-state index in [0.717, 1.165) is 11.9 Å². The molecule has 18 heavy (non-hydrogen) atoms. The minimum atomic E-state index is 0.137. The van der Waals surface area contributed by atoms with Crippen molar-refractivity contribution in [3.05, 3.63) is 11.6 Å². The van der Waals surface area contributed by atoms with Gasteiger partial charge in [0.05, 0.1) is 6.33 Å². The summed E-state index contributed by atoms with van der Waals surface area (Å²) in [6, 6.07) is 0.301. The average Bonchev–Trinajstić information content (AvgIpc) is 2.71. The second-order valence-electron chi connectivity index (χ2n) is 5.41. The smallest absolute Gasteiger partial charge is 0.226 e. The van der Waals surface area contributed by atoms with Gasteiger partial charge in [-0.3, -0.25) is 0 Å². The van der Waals surface area contributed by atoms with E-state index < -0.39 is 0 Å². The maximum Gasteiger partial charge on any atom is 0.226 e. The molecule has 2 aromatic heterocycles. The first-order valence-electron chi connectivity index (χ1n) is 6.05. The molecule has 0 spiro atoms. The largest absolute Gasteiger partial charge is 0.365 e. The monoisotopic (exact) mass is 267 g/mol. The number of fused-ring (bicyclic) bond motifs is 1. The van der Waals surface area contributed by atoms with Crippen molar-refractivity contribution in [2.24, 2.45) is 5.41 Å². The molecular weight excluding hydrogens is 250 g/mol. The van der Waals surface area contributed by atoms with Gasteiger partial charge in [0.15, 0.2) is 11.5 Å². The highest BCUT2D eigenvalue weighted by molar-refractivity contribution is 6.28. The predicted molar refractivity (Wildman–Crippen MR) is 73.9 cm³/mol. The number of hydrogen-bond donors (Lipinski definition) is 2. The van der Waals surface area contributed by atoms with Crippen molar-refractivity contribution in [3.8, 4) is 0 Å². The number of hydrogen-bond acceptors (Lipinski definition) is 4. The van der Waals surface area contributed by atoms with Gasteiger partial charge in [-0.25, -0.2) is 4.98 Å². The van der Waals surface area contributed by atoms with E-state index in [1.54, 1.807) is 6.33 Å². The van der Waals surface area contributed by atoms with Crippen LogP contribution in [0.4, 0.5) is 5.82 Å². The average molecular weight is 268 g/mol. The third-order valence-corrected chi connectivity index (χ3v) is 3.19. The Morgan fingerprint density at radius 3 is 2.72 bits per heavy atom. The molecule has 0 saturated heterocycles. The summed E-state index contributed by atoms with van der Waals surface area (Å²) in [4.78, 5) is 15.5. The number of nitrogens with zero attached hydrogens (tertiary/aromatic N) is 3. The Balaban J connectivity index is 2.39. The first kappa shape index (κ1) is 13.1. The van der Waals surface area contributed by atoms with Crippen LogP contribution >= 0.6 is 11.6 Å². The highest BCUT2D eigenvalue weighted by Crippen LogP contribution is 2.27. The van der Waals surface area contributed by atoms with Crippen LogP contribution in [-0.2, 0) is 0 Å². The van der Waals surface area contributed by atoms with E-state index >= 15 is 0 Å². The van der Waals surface area contributed by atoms with Crippen LogP contribution in [0, 0.1) is 5.41 Å². The van der Waals surface area contributed by atoms with Gasteiger partial charge in [0.2, 0.25) is 5.28 Å². The van der Waals surface area contributed by atoms with Crippen molar-refractivity contribution in [2.45, 2.75) is 40.2 Å². The fourth-order valence-corrected chi connectivity index (χ4v) is 2.17. The molecule has 0 amide bonds. The Kier molecular flexibility index (Phi) is 3.43. The molecular formula is C12H18ClN5. The number of nitrogens with one attached hydrogen (secondary N) is 2. The van der Waals surface area contributed by atoms with Gasteiger partial charge in [0, 0.05) is 6.04 Å². The van der Waals surface area contributed by atoms with Crippen molar-refractivity contribution in [2.75, 3.05) is 5.32 Å². The summed E-state index contributed by atoms with van der Waals surface area (Å²) in [6.45, 7) is 8.74. The van der Waals surface area contributed by atoms with Crippen LogP contribution in [0.3, 0.4) is 0 Å². The van der Waals surface area contributed by atoms with Crippen LogP contribution in [0.1, 0.15) is 34.1 Å². The van der Waals surface area contributed by atoms with Gasteiger partial charge in [-0.15, -0.1) is 0 Å². The molecule has 98 valence electrons. The van der Waals surface area contributed by atoms with Gasteiger partial charge in [-0.05, 0) is 23.4 Å². The first-order valence-corrected chi connectivity index (χ1v) is 6.42. The first-order chi connectivity index (χ1) is 8.41. The molecule has 0 radical (unpaired) electrons. The Morgan fingerprint density at radius 2 is 2.11 bits per heavy atom. The summed E-state index contributed by atoms with van der Waals surface area (Å²) in [5.74, 6) is 0.712. The van der Waals surface area contributed by atoms with Crippen molar-refractivity contribution in [1.82, 2.24) is 19.9 Å². The fraction of sp³-hybridized carbons (Fsp3) is 0.583. The molecule has 0 aromatic carbocycles. The molecule has 0 aliphatic heterocycles. The zero-order chi connectivity index (χ0) is 13.3. The van der Waals surface area contributed by atoms with E-state index in [4.69, 9.17) is 11.6 Å². The van der Waals surface area contributed by atoms with Crippen LogP contribution in [0.15, 0.2) is 6.33 Å².